The molecule has 0 saturated carbocycles. The van der Waals surface area contributed by atoms with Crippen LogP contribution >= 0.6 is 0 Å². The molecule has 3 heterocycles. The van der Waals surface area contributed by atoms with Gasteiger partial charge < -0.3 is 14.6 Å². The SMILES string of the molecule is CC1=C(c2cc(-c3c(C)ccc4ncccc34)c3nc(C(F)(F)F)[nH]c3c2)N(C)CO1. The van der Waals surface area contributed by atoms with Gasteiger partial charge in [0.2, 0.25) is 5.82 Å². The number of aryl methyl sites for hydroxylation is 1. The number of imidazole rings is 1. The molecule has 1 aliphatic heterocycles. The number of H-pyrrole nitrogens is 1. The number of rotatable bonds is 2. The number of benzene rings is 2. The molecule has 2 aromatic heterocycles. The summed E-state index contributed by atoms with van der Waals surface area (Å²) in [7, 11) is 1.89. The van der Waals surface area contributed by atoms with Crippen molar-refractivity contribution in [1.82, 2.24) is 19.9 Å². The van der Waals surface area contributed by atoms with Gasteiger partial charge in [0, 0.05) is 29.8 Å². The Hall–Kier alpha value is -3.55. The van der Waals surface area contributed by atoms with Gasteiger partial charge in [0.15, 0.2) is 6.73 Å². The van der Waals surface area contributed by atoms with Crippen molar-refractivity contribution in [1.29, 1.82) is 0 Å². The summed E-state index contributed by atoms with van der Waals surface area (Å²) in [6, 6.07) is 11.2. The fourth-order valence-corrected chi connectivity index (χ4v) is 4.22. The Balaban J connectivity index is 1.89. The van der Waals surface area contributed by atoms with Crippen molar-refractivity contribution in [3.63, 3.8) is 0 Å². The average Bonchev–Trinajstić information content (AvgIpc) is 3.30. The highest BCUT2D eigenvalue weighted by molar-refractivity contribution is 6.05. The van der Waals surface area contributed by atoms with E-state index in [0.717, 1.165) is 39.0 Å². The number of alkyl halides is 3. The molecule has 0 atom stereocenters. The highest BCUT2D eigenvalue weighted by Crippen LogP contribution is 2.40. The summed E-state index contributed by atoms with van der Waals surface area (Å²) < 4.78 is 46.1. The lowest BCUT2D eigenvalue weighted by atomic mass is 9.93. The third-order valence-corrected chi connectivity index (χ3v) is 5.58. The van der Waals surface area contributed by atoms with Crippen LogP contribution in [-0.4, -0.2) is 33.6 Å². The maximum Gasteiger partial charge on any atom is 0.449 e. The molecule has 4 aromatic rings. The molecule has 5 nitrogen and oxygen atoms in total. The van der Waals surface area contributed by atoms with Crippen LogP contribution in [0.1, 0.15) is 23.9 Å². The molecule has 1 N–H and O–H groups in total. The van der Waals surface area contributed by atoms with E-state index >= 15 is 0 Å². The van der Waals surface area contributed by atoms with Gasteiger partial charge in [-0.3, -0.25) is 4.98 Å². The second-order valence-corrected chi connectivity index (χ2v) is 7.71. The minimum atomic E-state index is -4.58. The quantitative estimate of drug-likeness (QED) is 0.448. The number of fused-ring (bicyclic) bond motifs is 2. The predicted octanol–water partition coefficient (Wildman–Crippen LogP) is 5.71. The van der Waals surface area contributed by atoms with Crippen molar-refractivity contribution in [3.05, 3.63) is 65.3 Å². The number of allylic oxidation sites excluding steroid dienone is 1. The van der Waals surface area contributed by atoms with Crippen molar-refractivity contribution in [2.75, 3.05) is 13.8 Å². The van der Waals surface area contributed by atoms with Gasteiger partial charge in [0.05, 0.1) is 22.2 Å². The number of nitrogens with zero attached hydrogens (tertiary/aromatic N) is 3. The van der Waals surface area contributed by atoms with Gasteiger partial charge >= 0.3 is 6.18 Å². The van der Waals surface area contributed by atoms with Crippen LogP contribution in [0.3, 0.4) is 0 Å². The molecule has 0 saturated heterocycles. The minimum Gasteiger partial charge on any atom is -0.476 e. The van der Waals surface area contributed by atoms with Crippen molar-refractivity contribution in [2.45, 2.75) is 20.0 Å². The average molecular weight is 424 g/mol. The van der Waals surface area contributed by atoms with E-state index in [1.807, 2.05) is 56.1 Å². The highest BCUT2D eigenvalue weighted by atomic mass is 19.4. The summed E-state index contributed by atoms with van der Waals surface area (Å²) >= 11 is 0. The molecule has 0 radical (unpaired) electrons. The minimum absolute atomic E-state index is 0.273. The van der Waals surface area contributed by atoms with Crippen LogP contribution < -0.4 is 0 Å². The molecule has 8 heteroatoms. The van der Waals surface area contributed by atoms with E-state index in [0.29, 0.717) is 17.8 Å². The van der Waals surface area contributed by atoms with Crippen molar-refractivity contribution in [2.24, 2.45) is 0 Å². The fraction of sp³-hybridized carbons (Fsp3) is 0.217. The lowest BCUT2D eigenvalue weighted by molar-refractivity contribution is -0.144. The third-order valence-electron chi connectivity index (χ3n) is 5.58. The summed E-state index contributed by atoms with van der Waals surface area (Å²) in [4.78, 5) is 12.8. The standard InChI is InChI=1S/C23H19F3N4O/c1-12-6-7-17-15(5-4-8-27-17)19(12)16-9-14(21-13(2)31-11-30(21)3)10-18-20(16)29-22(28-18)23(24,25)26/h4-10H,11H2,1-3H3,(H,28,29). The molecule has 1 aliphatic rings. The molecule has 0 bridgehead atoms. The van der Waals surface area contributed by atoms with Crippen LogP contribution in [0.25, 0.3) is 38.8 Å². The topological polar surface area (TPSA) is 54.0 Å². The van der Waals surface area contributed by atoms with Crippen LogP contribution in [0.2, 0.25) is 0 Å². The zero-order valence-corrected chi connectivity index (χ0v) is 17.1. The van der Waals surface area contributed by atoms with Crippen molar-refractivity contribution >= 4 is 27.6 Å². The number of pyridine rings is 1. The third kappa shape index (κ3) is 3.10. The highest BCUT2D eigenvalue weighted by Gasteiger charge is 2.35. The first-order valence-electron chi connectivity index (χ1n) is 9.75. The van der Waals surface area contributed by atoms with Crippen LogP contribution in [0.5, 0.6) is 0 Å². The normalized spacial score (nSPS) is 14.7. The summed E-state index contributed by atoms with van der Waals surface area (Å²) in [5.41, 5.74) is 5.33. The van der Waals surface area contributed by atoms with Gasteiger partial charge in [-0.05, 0) is 49.2 Å². The van der Waals surface area contributed by atoms with Crippen LogP contribution in [0.4, 0.5) is 13.2 Å². The van der Waals surface area contributed by atoms with Crippen molar-refractivity contribution < 1.29 is 17.9 Å². The monoisotopic (exact) mass is 424 g/mol. The van der Waals surface area contributed by atoms with Crippen molar-refractivity contribution in [3.8, 4) is 11.1 Å². The smallest absolute Gasteiger partial charge is 0.449 e. The van der Waals surface area contributed by atoms with E-state index in [1.165, 1.54) is 0 Å². The van der Waals surface area contributed by atoms with Crippen LogP contribution in [-0.2, 0) is 10.9 Å². The summed E-state index contributed by atoms with van der Waals surface area (Å²) in [6.07, 6.45) is -2.88. The van der Waals surface area contributed by atoms with Gasteiger partial charge in [-0.2, -0.15) is 13.2 Å². The van der Waals surface area contributed by atoms with Gasteiger partial charge in [-0.15, -0.1) is 0 Å². The molecule has 5 rings (SSSR count). The van der Waals surface area contributed by atoms with E-state index in [-0.39, 0.29) is 5.52 Å². The second-order valence-electron chi connectivity index (χ2n) is 7.71. The molecular weight excluding hydrogens is 405 g/mol. The molecular formula is C23H19F3N4O. The maximum atomic E-state index is 13.5. The Labute approximate surface area is 176 Å². The number of hydrogen-bond acceptors (Lipinski definition) is 4. The number of aromatic nitrogens is 3. The fourth-order valence-electron chi connectivity index (χ4n) is 4.22. The Morgan fingerprint density at radius 2 is 1.94 bits per heavy atom. The molecule has 2 aromatic carbocycles. The number of ether oxygens (including phenoxy) is 1. The molecule has 0 aliphatic carbocycles. The molecule has 31 heavy (non-hydrogen) atoms. The first kappa shape index (κ1) is 19.4. The zero-order chi connectivity index (χ0) is 21.9. The second kappa shape index (κ2) is 6.73. The number of hydrogen-bond donors (Lipinski definition) is 1. The van der Waals surface area contributed by atoms with E-state index in [1.54, 1.807) is 12.3 Å². The number of nitrogens with one attached hydrogen (secondary N) is 1. The first-order valence-corrected chi connectivity index (χ1v) is 9.75. The first-order chi connectivity index (χ1) is 14.7. The van der Waals surface area contributed by atoms with Crippen LogP contribution in [0.15, 0.2) is 48.4 Å². The van der Waals surface area contributed by atoms with E-state index in [9.17, 15) is 13.2 Å². The predicted molar refractivity (Wildman–Crippen MR) is 113 cm³/mol. The lowest BCUT2D eigenvalue weighted by Gasteiger charge is -2.16. The number of halogens is 3. The van der Waals surface area contributed by atoms with Gasteiger partial charge in [-0.25, -0.2) is 4.98 Å². The van der Waals surface area contributed by atoms with Gasteiger partial charge in [0.25, 0.3) is 0 Å². The zero-order valence-electron chi connectivity index (χ0n) is 17.1. The number of aromatic amines is 1. The lowest BCUT2D eigenvalue weighted by Crippen LogP contribution is -2.12. The largest absolute Gasteiger partial charge is 0.476 e. The van der Waals surface area contributed by atoms with Gasteiger partial charge in [-0.1, -0.05) is 12.1 Å². The molecule has 0 spiro atoms. The van der Waals surface area contributed by atoms with E-state index in [2.05, 4.69) is 15.0 Å². The van der Waals surface area contributed by atoms with Crippen LogP contribution in [0, 0.1) is 6.92 Å². The Bertz CT molecular complexity index is 1370. The molecule has 158 valence electrons. The van der Waals surface area contributed by atoms with Gasteiger partial charge in [0.1, 0.15) is 5.76 Å². The summed E-state index contributed by atoms with van der Waals surface area (Å²) in [6.45, 7) is 4.18. The van der Waals surface area contributed by atoms with E-state index in [4.69, 9.17) is 4.74 Å². The summed E-state index contributed by atoms with van der Waals surface area (Å²) in [5.74, 6) is -0.293. The molecule has 0 unspecified atom stereocenters. The Morgan fingerprint density at radius 3 is 2.65 bits per heavy atom. The maximum absolute atomic E-state index is 13.5. The Kier molecular flexibility index (Phi) is 4.22. The van der Waals surface area contributed by atoms with E-state index < -0.39 is 12.0 Å². The molecule has 0 amide bonds. The Morgan fingerprint density at radius 1 is 1.13 bits per heavy atom. The summed E-state index contributed by atoms with van der Waals surface area (Å²) in [5, 5.41) is 0.860. The molecule has 0 fully saturated rings.